The van der Waals surface area contributed by atoms with E-state index in [2.05, 4.69) is 41.5 Å². The summed E-state index contributed by atoms with van der Waals surface area (Å²) in [5, 5.41) is 9.48. The molecule has 0 radical (unpaired) electrons. The molecule has 0 saturated carbocycles. The largest absolute Gasteiger partial charge is 0.317 e. The van der Waals surface area contributed by atoms with Gasteiger partial charge in [0, 0.05) is 25.0 Å². The number of nitrogens with zero attached hydrogens (tertiary/aromatic N) is 3. The Labute approximate surface area is 120 Å². The Morgan fingerprint density at radius 2 is 2.15 bits per heavy atom. The molecule has 1 aliphatic rings. The molecule has 0 amide bonds. The standard InChI is InChI=1S/C16H24N4/c1-19(13-6-5-10-17-11-9-13)12-15-14-7-3-4-8-16(14)20(2)18-15/h3-4,7-8,13,17H,5-6,9-12H2,1-2H3. The van der Waals surface area contributed by atoms with Crippen LogP contribution in [-0.2, 0) is 13.6 Å². The molecule has 1 saturated heterocycles. The predicted molar refractivity (Wildman–Crippen MR) is 82.7 cm³/mol. The molecule has 1 atom stereocenters. The molecular weight excluding hydrogens is 248 g/mol. The summed E-state index contributed by atoms with van der Waals surface area (Å²) in [6, 6.07) is 9.17. The van der Waals surface area contributed by atoms with E-state index in [1.54, 1.807) is 0 Å². The number of benzene rings is 1. The molecule has 1 unspecified atom stereocenters. The predicted octanol–water partition coefficient (Wildman–Crippen LogP) is 2.15. The number of nitrogens with one attached hydrogen (secondary N) is 1. The van der Waals surface area contributed by atoms with Gasteiger partial charge < -0.3 is 5.32 Å². The third-order valence-electron chi connectivity index (χ3n) is 4.40. The number of fused-ring (bicyclic) bond motifs is 1. The molecule has 4 nitrogen and oxygen atoms in total. The van der Waals surface area contributed by atoms with Crippen LogP contribution < -0.4 is 5.32 Å². The summed E-state index contributed by atoms with van der Waals surface area (Å²) in [7, 11) is 4.26. The minimum atomic E-state index is 0.672. The first kappa shape index (κ1) is 13.6. The molecular formula is C16H24N4. The van der Waals surface area contributed by atoms with Gasteiger partial charge in [-0.3, -0.25) is 9.58 Å². The van der Waals surface area contributed by atoms with Crippen LogP contribution in [0.4, 0.5) is 0 Å². The van der Waals surface area contributed by atoms with Gasteiger partial charge in [0.15, 0.2) is 0 Å². The van der Waals surface area contributed by atoms with Crippen LogP contribution >= 0.6 is 0 Å². The van der Waals surface area contributed by atoms with Gasteiger partial charge in [-0.15, -0.1) is 0 Å². The van der Waals surface area contributed by atoms with E-state index in [1.165, 1.54) is 35.9 Å². The normalized spacial score (nSPS) is 20.4. The van der Waals surface area contributed by atoms with E-state index in [0.29, 0.717) is 6.04 Å². The van der Waals surface area contributed by atoms with Crippen molar-refractivity contribution in [2.75, 3.05) is 20.1 Å². The third kappa shape index (κ3) is 2.72. The molecule has 2 heterocycles. The molecule has 1 aromatic carbocycles. The highest BCUT2D eigenvalue weighted by atomic mass is 15.3. The van der Waals surface area contributed by atoms with Gasteiger partial charge in [0.1, 0.15) is 0 Å². The maximum Gasteiger partial charge on any atom is 0.0843 e. The van der Waals surface area contributed by atoms with Crippen LogP contribution in [0.15, 0.2) is 24.3 Å². The van der Waals surface area contributed by atoms with Gasteiger partial charge >= 0.3 is 0 Å². The summed E-state index contributed by atoms with van der Waals surface area (Å²) in [5.41, 5.74) is 2.42. The van der Waals surface area contributed by atoms with Crippen LogP contribution in [0.3, 0.4) is 0 Å². The number of para-hydroxylation sites is 1. The van der Waals surface area contributed by atoms with Gasteiger partial charge in [-0.1, -0.05) is 18.2 Å². The van der Waals surface area contributed by atoms with Crippen LogP contribution in [-0.4, -0.2) is 40.9 Å². The van der Waals surface area contributed by atoms with Crippen molar-refractivity contribution in [3.8, 4) is 0 Å². The number of rotatable bonds is 3. The molecule has 108 valence electrons. The Kier molecular flexibility index (Phi) is 4.03. The Morgan fingerprint density at radius 3 is 3.05 bits per heavy atom. The zero-order valence-corrected chi connectivity index (χ0v) is 12.5. The van der Waals surface area contributed by atoms with Gasteiger partial charge in [0.25, 0.3) is 0 Å². The van der Waals surface area contributed by atoms with Crippen molar-refractivity contribution in [2.24, 2.45) is 7.05 Å². The third-order valence-corrected chi connectivity index (χ3v) is 4.40. The molecule has 20 heavy (non-hydrogen) atoms. The fourth-order valence-corrected chi connectivity index (χ4v) is 3.21. The highest BCUT2D eigenvalue weighted by Crippen LogP contribution is 2.21. The van der Waals surface area contributed by atoms with Gasteiger partial charge in [-0.2, -0.15) is 5.10 Å². The summed E-state index contributed by atoms with van der Waals surface area (Å²) in [4.78, 5) is 2.47. The summed E-state index contributed by atoms with van der Waals surface area (Å²) in [6.07, 6.45) is 3.80. The van der Waals surface area contributed by atoms with E-state index in [-0.39, 0.29) is 0 Å². The molecule has 3 rings (SSSR count). The Hall–Kier alpha value is -1.39. The first-order chi connectivity index (χ1) is 9.75. The highest BCUT2D eigenvalue weighted by Gasteiger charge is 2.18. The van der Waals surface area contributed by atoms with Crippen LogP contribution in [0.5, 0.6) is 0 Å². The smallest absolute Gasteiger partial charge is 0.0843 e. The maximum atomic E-state index is 4.71. The van der Waals surface area contributed by atoms with Gasteiger partial charge in [0.2, 0.25) is 0 Å². The number of hydrogen-bond donors (Lipinski definition) is 1. The first-order valence-corrected chi connectivity index (χ1v) is 7.57. The average molecular weight is 272 g/mol. The van der Waals surface area contributed by atoms with Crippen molar-refractivity contribution in [1.82, 2.24) is 20.0 Å². The lowest BCUT2D eigenvalue weighted by molar-refractivity contribution is 0.214. The molecule has 0 aliphatic carbocycles. The van der Waals surface area contributed by atoms with Crippen LogP contribution in [0.2, 0.25) is 0 Å². The van der Waals surface area contributed by atoms with Crippen molar-refractivity contribution in [3.63, 3.8) is 0 Å². The van der Waals surface area contributed by atoms with Crippen molar-refractivity contribution in [1.29, 1.82) is 0 Å². The van der Waals surface area contributed by atoms with E-state index in [9.17, 15) is 0 Å². The van der Waals surface area contributed by atoms with E-state index in [0.717, 1.165) is 19.6 Å². The highest BCUT2D eigenvalue weighted by molar-refractivity contribution is 5.81. The quantitative estimate of drug-likeness (QED) is 0.929. The zero-order valence-electron chi connectivity index (χ0n) is 12.5. The van der Waals surface area contributed by atoms with Crippen LogP contribution in [0.1, 0.15) is 25.0 Å². The molecule has 0 spiro atoms. The number of hydrogen-bond acceptors (Lipinski definition) is 3. The molecule has 0 bridgehead atoms. The van der Waals surface area contributed by atoms with Crippen molar-refractivity contribution in [3.05, 3.63) is 30.0 Å². The zero-order chi connectivity index (χ0) is 13.9. The van der Waals surface area contributed by atoms with Gasteiger partial charge in [-0.05, 0) is 45.5 Å². The fraction of sp³-hybridized carbons (Fsp3) is 0.562. The second-order valence-corrected chi connectivity index (χ2v) is 5.84. The lowest BCUT2D eigenvalue weighted by Crippen LogP contribution is -2.32. The topological polar surface area (TPSA) is 33.1 Å². The molecule has 1 fully saturated rings. The number of aryl methyl sites for hydroxylation is 1. The van der Waals surface area contributed by atoms with E-state index < -0.39 is 0 Å². The van der Waals surface area contributed by atoms with Crippen LogP contribution in [0.25, 0.3) is 10.9 Å². The average Bonchev–Trinajstić information content (AvgIpc) is 2.67. The summed E-state index contributed by atoms with van der Waals surface area (Å²) < 4.78 is 1.99. The van der Waals surface area contributed by atoms with Crippen LogP contribution in [0, 0.1) is 0 Å². The van der Waals surface area contributed by atoms with E-state index in [1.807, 2.05) is 11.7 Å². The van der Waals surface area contributed by atoms with Crippen molar-refractivity contribution >= 4 is 10.9 Å². The molecule has 2 aromatic rings. The summed E-state index contributed by atoms with van der Waals surface area (Å²) in [5.74, 6) is 0. The Morgan fingerprint density at radius 1 is 1.30 bits per heavy atom. The second-order valence-electron chi connectivity index (χ2n) is 5.84. The lowest BCUT2D eigenvalue weighted by Gasteiger charge is -2.26. The lowest BCUT2D eigenvalue weighted by atomic mass is 10.1. The minimum Gasteiger partial charge on any atom is -0.317 e. The molecule has 4 heteroatoms. The molecule has 1 aromatic heterocycles. The maximum absolute atomic E-state index is 4.71. The Bertz CT molecular complexity index is 567. The fourth-order valence-electron chi connectivity index (χ4n) is 3.21. The van der Waals surface area contributed by atoms with Crippen molar-refractivity contribution in [2.45, 2.75) is 31.8 Å². The second kappa shape index (κ2) is 5.94. The number of aromatic nitrogens is 2. The van der Waals surface area contributed by atoms with Crippen molar-refractivity contribution < 1.29 is 0 Å². The van der Waals surface area contributed by atoms with E-state index in [4.69, 9.17) is 5.10 Å². The van der Waals surface area contributed by atoms with Gasteiger partial charge in [0.05, 0.1) is 11.2 Å². The SMILES string of the molecule is CN(Cc1nn(C)c2ccccc12)C1CCCNCC1. The van der Waals surface area contributed by atoms with Gasteiger partial charge in [-0.25, -0.2) is 0 Å². The molecule has 1 N–H and O–H groups in total. The molecule has 1 aliphatic heterocycles. The first-order valence-electron chi connectivity index (χ1n) is 7.57. The monoisotopic (exact) mass is 272 g/mol. The Balaban J connectivity index is 1.78. The van der Waals surface area contributed by atoms with E-state index >= 15 is 0 Å². The minimum absolute atomic E-state index is 0.672. The summed E-state index contributed by atoms with van der Waals surface area (Å²) in [6.45, 7) is 3.24. The summed E-state index contributed by atoms with van der Waals surface area (Å²) >= 11 is 0.